The Labute approximate surface area is 111 Å². The van der Waals surface area contributed by atoms with E-state index in [9.17, 15) is 9.59 Å². The van der Waals surface area contributed by atoms with Crippen LogP contribution in [0, 0.1) is 5.92 Å². The lowest BCUT2D eigenvalue weighted by Crippen LogP contribution is -2.33. The van der Waals surface area contributed by atoms with Crippen LogP contribution in [-0.4, -0.2) is 33.0 Å². The molecule has 1 aliphatic rings. The largest absolute Gasteiger partial charge is 0.493 e. The number of ether oxygens (including phenoxy) is 2. The Morgan fingerprint density at radius 1 is 1.26 bits per heavy atom. The Balaban J connectivity index is 2.48. The SMILES string of the molecule is CNC(=O)C1CC(=O)c2ccc(OC)c(OC)c2C1. The molecular formula is C14H17NO4. The molecule has 0 saturated heterocycles. The summed E-state index contributed by atoms with van der Waals surface area (Å²) in [5, 5.41) is 2.59. The number of hydrogen-bond acceptors (Lipinski definition) is 4. The normalized spacial score (nSPS) is 17.6. The number of nitrogens with one attached hydrogen (secondary N) is 1. The number of Topliss-reactive ketones (excluding diaryl/α,β-unsaturated/α-hetero) is 1. The first-order valence-corrected chi connectivity index (χ1v) is 6.11. The van der Waals surface area contributed by atoms with Crippen LogP contribution < -0.4 is 14.8 Å². The van der Waals surface area contributed by atoms with Gasteiger partial charge in [0.15, 0.2) is 17.3 Å². The van der Waals surface area contributed by atoms with E-state index in [0.29, 0.717) is 23.5 Å². The monoisotopic (exact) mass is 263 g/mol. The zero-order valence-corrected chi connectivity index (χ0v) is 11.3. The maximum Gasteiger partial charge on any atom is 0.223 e. The number of amides is 1. The first-order chi connectivity index (χ1) is 9.12. The first-order valence-electron chi connectivity index (χ1n) is 6.11. The molecule has 1 unspecified atom stereocenters. The number of rotatable bonds is 3. The quantitative estimate of drug-likeness (QED) is 0.889. The summed E-state index contributed by atoms with van der Waals surface area (Å²) in [4.78, 5) is 23.8. The second-order valence-corrected chi connectivity index (χ2v) is 4.47. The standard InChI is InChI=1S/C14H17NO4/c1-15-14(17)8-6-10-9(11(16)7-8)4-5-12(18-2)13(10)19-3/h4-5,8H,6-7H2,1-3H3,(H,15,17). The van der Waals surface area contributed by atoms with Crippen molar-refractivity contribution in [1.29, 1.82) is 0 Å². The van der Waals surface area contributed by atoms with Gasteiger partial charge < -0.3 is 14.8 Å². The number of ketones is 1. The van der Waals surface area contributed by atoms with Gasteiger partial charge in [0.25, 0.3) is 0 Å². The lowest BCUT2D eigenvalue weighted by atomic mass is 9.82. The Bertz CT molecular complexity index is 524. The van der Waals surface area contributed by atoms with Gasteiger partial charge in [-0.25, -0.2) is 0 Å². The van der Waals surface area contributed by atoms with Crippen molar-refractivity contribution in [2.24, 2.45) is 5.92 Å². The molecule has 0 aliphatic heterocycles. The molecule has 0 bridgehead atoms. The second-order valence-electron chi connectivity index (χ2n) is 4.47. The summed E-state index contributed by atoms with van der Waals surface area (Å²) in [6.45, 7) is 0. The fourth-order valence-corrected chi connectivity index (χ4v) is 2.50. The molecule has 5 heteroatoms. The van der Waals surface area contributed by atoms with Gasteiger partial charge in [-0.05, 0) is 18.6 Å². The molecule has 1 amide bonds. The predicted octanol–water partition coefficient (Wildman–Crippen LogP) is 1.19. The van der Waals surface area contributed by atoms with Crippen LogP contribution in [0.2, 0.25) is 0 Å². The van der Waals surface area contributed by atoms with E-state index in [1.807, 2.05) is 0 Å². The van der Waals surface area contributed by atoms with E-state index in [-0.39, 0.29) is 24.0 Å². The summed E-state index contributed by atoms with van der Waals surface area (Å²) in [7, 11) is 4.66. The van der Waals surface area contributed by atoms with E-state index >= 15 is 0 Å². The molecule has 5 nitrogen and oxygen atoms in total. The smallest absolute Gasteiger partial charge is 0.223 e. The molecule has 2 rings (SSSR count). The molecule has 1 atom stereocenters. The summed E-state index contributed by atoms with van der Waals surface area (Å²) in [5.74, 6) is 0.624. The minimum Gasteiger partial charge on any atom is -0.493 e. The van der Waals surface area contributed by atoms with Crippen LogP contribution in [0.1, 0.15) is 22.3 Å². The van der Waals surface area contributed by atoms with Crippen molar-refractivity contribution in [3.63, 3.8) is 0 Å². The van der Waals surface area contributed by atoms with Crippen LogP contribution >= 0.6 is 0 Å². The predicted molar refractivity (Wildman–Crippen MR) is 69.8 cm³/mol. The summed E-state index contributed by atoms with van der Waals surface area (Å²) in [6.07, 6.45) is 0.725. The van der Waals surface area contributed by atoms with Crippen LogP contribution in [0.5, 0.6) is 11.5 Å². The van der Waals surface area contributed by atoms with Crippen molar-refractivity contribution in [1.82, 2.24) is 5.32 Å². The zero-order chi connectivity index (χ0) is 14.0. The lowest BCUT2D eigenvalue weighted by molar-refractivity contribution is -0.124. The minimum absolute atomic E-state index is 0.0317. The van der Waals surface area contributed by atoms with Gasteiger partial charge >= 0.3 is 0 Å². The fourth-order valence-electron chi connectivity index (χ4n) is 2.50. The molecule has 1 aromatic carbocycles. The summed E-state index contributed by atoms with van der Waals surface area (Å²) in [5.41, 5.74) is 1.38. The molecular weight excluding hydrogens is 246 g/mol. The highest BCUT2D eigenvalue weighted by Gasteiger charge is 2.32. The van der Waals surface area contributed by atoms with Crippen LogP contribution in [0.3, 0.4) is 0 Å². The van der Waals surface area contributed by atoms with Crippen molar-refractivity contribution >= 4 is 11.7 Å². The van der Waals surface area contributed by atoms with E-state index in [1.165, 1.54) is 7.11 Å². The van der Waals surface area contributed by atoms with Gasteiger partial charge in [-0.2, -0.15) is 0 Å². The van der Waals surface area contributed by atoms with Gasteiger partial charge in [-0.3, -0.25) is 9.59 Å². The van der Waals surface area contributed by atoms with Crippen LogP contribution in [0.4, 0.5) is 0 Å². The van der Waals surface area contributed by atoms with Gasteiger partial charge in [-0.1, -0.05) is 0 Å². The van der Waals surface area contributed by atoms with E-state index in [0.717, 1.165) is 5.56 Å². The van der Waals surface area contributed by atoms with E-state index in [1.54, 1.807) is 26.3 Å². The third kappa shape index (κ3) is 2.28. The van der Waals surface area contributed by atoms with E-state index in [2.05, 4.69) is 5.32 Å². The Kier molecular flexibility index (Phi) is 3.74. The number of benzene rings is 1. The van der Waals surface area contributed by atoms with Gasteiger partial charge in [0.1, 0.15) is 0 Å². The van der Waals surface area contributed by atoms with Gasteiger partial charge in [0.2, 0.25) is 5.91 Å². The summed E-state index contributed by atoms with van der Waals surface area (Å²) < 4.78 is 10.6. The van der Waals surface area contributed by atoms with Crippen molar-refractivity contribution in [3.05, 3.63) is 23.3 Å². The highest BCUT2D eigenvalue weighted by molar-refractivity contribution is 6.02. The summed E-state index contributed by atoms with van der Waals surface area (Å²) >= 11 is 0. The Hall–Kier alpha value is -2.04. The molecule has 1 aromatic rings. The van der Waals surface area contributed by atoms with Crippen molar-refractivity contribution in [3.8, 4) is 11.5 Å². The third-order valence-electron chi connectivity index (χ3n) is 3.45. The molecule has 0 spiro atoms. The molecule has 1 aliphatic carbocycles. The van der Waals surface area contributed by atoms with E-state index in [4.69, 9.17) is 9.47 Å². The molecule has 0 radical (unpaired) electrons. The topological polar surface area (TPSA) is 64.6 Å². The number of fused-ring (bicyclic) bond motifs is 1. The van der Waals surface area contributed by atoms with Gasteiger partial charge in [-0.15, -0.1) is 0 Å². The Morgan fingerprint density at radius 3 is 2.58 bits per heavy atom. The average Bonchev–Trinajstić information content (AvgIpc) is 2.44. The second kappa shape index (κ2) is 5.30. The minimum atomic E-state index is -0.342. The van der Waals surface area contributed by atoms with Crippen molar-refractivity contribution < 1.29 is 19.1 Å². The first kappa shape index (κ1) is 13.4. The molecule has 19 heavy (non-hydrogen) atoms. The van der Waals surface area contributed by atoms with Crippen LogP contribution in [-0.2, 0) is 11.2 Å². The highest BCUT2D eigenvalue weighted by Crippen LogP contribution is 2.38. The average molecular weight is 263 g/mol. The van der Waals surface area contributed by atoms with Crippen LogP contribution in [0.25, 0.3) is 0 Å². The maximum absolute atomic E-state index is 12.1. The molecule has 0 fully saturated rings. The maximum atomic E-state index is 12.1. The Morgan fingerprint density at radius 2 is 2.00 bits per heavy atom. The molecule has 0 aromatic heterocycles. The third-order valence-corrected chi connectivity index (χ3v) is 3.45. The van der Waals surface area contributed by atoms with Gasteiger partial charge in [0.05, 0.1) is 14.2 Å². The highest BCUT2D eigenvalue weighted by atomic mass is 16.5. The van der Waals surface area contributed by atoms with Crippen molar-refractivity contribution in [2.45, 2.75) is 12.8 Å². The molecule has 1 N–H and O–H groups in total. The molecule has 0 saturated carbocycles. The molecule has 0 heterocycles. The summed E-state index contributed by atoms with van der Waals surface area (Å²) in [6, 6.07) is 3.45. The number of carbonyl (C=O) groups excluding carboxylic acids is 2. The number of hydrogen-bond donors (Lipinski definition) is 1. The fraction of sp³-hybridized carbons (Fsp3) is 0.429. The molecule has 102 valence electrons. The number of methoxy groups -OCH3 is 2. The van der Waals surface area contributed by atoms with Gasteiger partial charge in [0, 0.05) is 30.5 Å². The van der Waals surface area contributed by atoms with Crippen molar-refractivity contribution in [2.75, 3.05) is 21.3 Å². The zero-order valence-electron chi connectivity index (χ0n) is 11.3. The lowest BCUT2D eigenvalue weighted by Gasteiger charge is -2.25. The van der Waals surface area contributed by atoms with E-state index < -0.39 is 0 Å². The number of carbonyl (C=O) groups is 2. The van der Waals surface area contributed by atoms with Crippen LogP contribution in [0.15, 0.2) is 12.1 Å².